The molecule has 0 amide bonds. The van der Waals surface area contributed by atoms with E-state index in [9.17, 15) is 0 Å². The van der Waals surface area contributed by atoms with E-state index in [0.717, 1.165) is 0 Å². The van der Waals surface area contributed by atoms with Gasteiger partial charge < -0.3 is 9.13 Å². The minimum atomic E-state index is -0.152. The predicted molar refractivity (Wildman–Crippen MR) is 399 cm³/mol. The molecule has 0 fully saturated rings. The minimum absolute atomic E-state index is 0.152. The zero-order chi connectivity index (χ0) is 61.5. The highest BCUT2D eigenvalue weighted by Gasteiger charge is 2.35. The Morgan fingerprint density at radius 1 is 0.226 bits per heavy atom. The first-order chi connectivity index (χ1) is 45.8. The summed E-state index contributed by atoms with van der Waals surface area (Å²) in [5, 5.41) is 20.0. The molecule has 2 aromatic heterocycles. The van der Waals surface area contributed by atoms with Crippen molar-refractivity contribution in [1.29, 1.82) is 0 Å². The molecule has 0 radical (unpaired) electrons. The van der Waals surface area contributed by atoms with E-state index in [-0.39, 0.29) is 5.41 Å². The number of benzene rings is 16. The molecule has 0 atom stereocenters. The lowest BCUT2D eigenvalue weighted by Crippen LogP contribution is -2.15. The van der Waals surface area contributed by atoms with Crippen LogP contribution in [0.3, 0.4) is 0 Å². The van der Waals surface area contributed by atoms with Crippen molar-refractivity contribution in [2.24, 2.45) is 0 Å². The van der Waals surface area contributed by atoms with E-state index < -0.39 is 0 Å². The van der Waals surface area contributed by atoms with Gasteiger partial charge in [-0.1, -0.05) is 269 Å². The van der Waals surface area contributed by atoms with Gasteiger partial charge in [0.25, 0.3) is 0 Å². The summed E-state index contributed by atoms with van der Waals surface area (Å²) >= 11 is 0. The van der Waals surface area contributed by atoms with Crippen molar-refractivity contribution in [3.63, 3.8) is 0 Å². The summed E-state index contributed by atoms with van der Waals surface area (Å²) in [5.74, 6) is 0. The van der Waals surface area contributed by atoms with Crippen molar-refractivity contribution in [3.05, 3.63) is 337 Å². The number of hydrogen-bond donors (Lipinski definition) is 0. The summed E-state index contributed by atoms with van der Waals surface area (Å²) in [6, 6.07) is 113. The van der Waals surface area contributed by atoms with Gasteiger partial charge >= 0.3 is 0 Å². The molecule has 1 aliphatic carbocycles. The third-order valence-electron chi connectivity index (χ3n) is 20.4. The van der Waals surface area contributed by atoms with E-state index in [1.165, 1.54) is 186 Å². The number of para-hydroxylation sites is 2. The van der Waals surface area contributed by atoms with Gasteiger partial charge in [-0.3, -0.25) is 0 Å². The molecular weight excluding hydrogens is 1120 g/mol. The smallest absolute Gasteiger partial charge is 0.0546 e. The molecule has 0 saturated heterocycles. The van der Waals surface area contributed by atoms with Crippen LogP contribution in [0.2, 0.25) is 0 Å². The molecule has 18 aromatic rings. The third kappa shape index (κ3) is 8.49. The van der Waals surface area contributed by atoms with Crippen molar-refractivity contribution in [2.45, 2.75) is 19.3 Å². The van der Waals surface area contributed by atoms with Crippen LogP contribution in [-0.2, 0) is 5.41 Å². The highest BCUT2D eigenvalue weighted by Crippen LogP contribution is 2.50. The van der Waals surface area contributed by atoms with Gasteiger partial charge in [0.2, 0.25) is 0 Å². The topological polar surface area (TPSA) is 9.86 Å². The molecule has 0 saturated carbocycles. The normalized spacial score (nSPS) is 13.1. The van der Waals surface area contributed by atoms with Crippen molar-refractivity contribution < 1.29 is 0 Å². The van der Waals surface area contributed by atoms with Gasteiger partial charge in [-0.15, -0.1) is 0 Å². The lowest BCUT2D eigenvalue weighted by atomic mass is 9.81. The molecule has 2 heterocycles. The molecule has 16 aromatic carbocycles. The molecule has 0 N–H and O–H groups in total. The summed E-state index contributed by atoms with van der Waals surface area (Å²) in [4.78, 5) is 0. The fraction of sp³-hybridized carbons (Fsp3) is 0.0330. The molecule has 1 aliphatic rings. The van der Waals surface area contributed by atoms with Crippen LogP contribution in [0.25, 0.3) is 177 Å². The Morgan fingerprint density at radius 2 is 0.548 bits per heavy atom. The highest BCUT2D eigenvalue weighted by molar-refractivity contribution is 6.18. The minimum Gasteiger partial charge on any atom is -0.309 e. The third-order valence-corrected chi connectivity index (χ3v) is 20.4. The average Bonchev–Trinajstić information content (AvgIpc) is 1.64. The van der Waals surface area contributed by atoms with Crippen molar-refractivity contribution in [3.8, 4) is 44.8 Å². The molecule has 0 spiro atoms. The Balaban J connectivity index is 0.559. The molecule has 93 heavy (non-hydrogen) atoms. The van der Waals surface area contributed by atoms with E-state index >= 15 is 0 Å². The maximum atomic E-state index is 2.47. The molecule has 2 heteroatoms. The number of nitrogens with zero attached hydrogens (tertiary/aromatic N) is 2. The van der Waals surface area contributed by atoms with Crippen LogP contribution in [0.15, 0.2) is 303 Å². The molecule has 0 aliphatic heterocycles. The Bertz CT molecular complexity index is 5890. The van der Waals surface area contributed by atoms with Crippen LogP contribution in [0, 0.1) is 0 Å². The molecular formula is C91H60N2. The van der Waals surface area contributed by atoms with Crippen LogP contribution >= 0.6 is 0 Å². The van der Waals surface area contributed by atoms with Gasteiger partial charge in [-0.2, -0.15) is 0 Å². The fourth-order valence-electron chi connectivity index (χ4n) is 15.7. The Kier molecular flexibility index (Phi) is 11.7. The lowest BCUT2D eigenvalue weighted by Gasteiger charge is -2.22. The second kappa shape index (κ2) is 20.6. The summed E-state index contributed by atoms with van der Waals surface area (Å²) in [5.41, 5.74) is 22.1. The van der Waals surface area contributed by atoms with Gasteiger partial charge in [0.1, 0.15) is 0 Å². The maximum absolute atomic E-state index is 2.47. The van der Waals surface area contributed by atoms with Crippen LogP contribution in [0.4, 0.5) is 0 Å². The molecule has 0 unspecified atom stereocenters. The predicted octanol–water partition coefficient (Wildman–Crippen LogP) is 24.8. The van der Waals surface area contributed by atoms with Gasteiger partial charge in [-0.25, -0.2) is 0 Å². The van der Waals surface area contributed by atoms with E-state index in [1.807, 2.05) is 0 Å². The van der Waals surface area contributed by atoms with Crippen molar-refractivity contribution in [2.75, 3.05) is 0 Å². The number of fused-ring (bicyclic) bond motifs is 17. The first kappa shape index (κ1) is 53.0. The van der Waals surface area contributed by atoms with Gasteiger partial charge in [0, 0.05) is 37.7 Å². The van der Waals surface area contributed by atoms with Crippen molar-refractivity contribution in [1.82, 2.24) is 9.13 Å². The molecule has 2 nitrogen and oxygen atoms in total. The van der Waals surface area contributed by atoms with Crippen LogP contribution in [0.1, 0.15) is 47.2 Å². The van der Waals surface area contributed by atoms with Crippen LogP contribution in [-0.4, -0.2) is 9.13 Å². The lowest BCUT2D eigenvalue weighted by molar-refractivity contribution is 0.660. The largest absolute Gasteiger partial charge is 0.309 e. The summed E-state index contributed by atoms with van der Waals surface area (Å²) in [6.45, 7) is 4.75. The van der Waals surface area contributed by atoms with Crippen LogP contribution < -0.4 is 0 Å². The van der Waals surface area contributed by atoms with Gasteiger partial charge in [0.05, 0.1) is 33.4 Å². The zero-order valence-corrected chi connectivity index (χ0v) is 51.6. The summed E-state index contributed by atoms with van der Waals surface area (Å²) in [7, 11) is 0. The second-order valence-electron chi connectivity index (χ2n) is 26.0. The zero-order valence-electron chi connectivity index (χ0n) is 51.6. The van der Waals surface area contributed by atoms with E-state index in [4.69, 9.17) is 0 Å². The summed E-state index contributed by atoms with van der Waals surface area (Å²) < 4.78 is 4.93. The number of aromatic nitrogens is 2. The van der Waals surface area contributed by atoms with Gasteiger partial charge in [-0.05, 0) is 193 Å². The first-order valence-corrected chi connectivity index (χ1v) is 32.4. The van der Waals surface area contributed by atoms with E-state index in [1.54, 1.807) is 0 Å². The maximum Gasteiger partial charge on any atom is 0.0546 e. The quantitative estimate of drug-likeness (QED) is 0.106. The van der Waals surface area contributed by atoms with Crippen LogP contribution in [0.5, 0.6) is 0 Å². The first-order valence-electron chi connectivity index (χ1n) is 32.4. The monoisotopic (exact) mass is 1180 g/mol. The van der Waals surface area contributed by atoms with Gasteiger partial charge in [0.15, 0.2) is 0 Å². The number of hydrogen-bond acceptors (Lipinski definition) is 0. The average molecular weight is 1180 g/mol. The number of rotatable bonds is 8. The van der Waals surface area contributed by atoms with E-state index in [2.05, 4.69) is 351 Å². The molecule has 0 bridgehead atoms. The second-order valence-corrected chi connectivity index (χ2v) is 26.0. The summed E-state index contributed by atoms with van der Waals surface area (Å²) in [6.07, 6.45) is 9.06. The highest BCUT2D eigenvalue weighted by atomic mass is 15.0. The SMILES string of the molecule is CC1(C)c2cc(/C=C/c3ccc4cc(-c5ccc6c(c5)c5ccccc5n6-c5cc6ccccc6c6ccccc56)ccc4c3)ccc2-c2ccc(/C=C/c3ccc4cc(-c5ccc6c(c5)c5ccccc5n6-c5cc6ccccc6c6ccccc56)ccc4c3)cc21. The van der Waals surface area contributed by atoms with Crippen molar-refractivity contribution >= 4 is 133 Å². The van der Waals surface area contributed by atoms with E-state index in [0.29, 0.717) is 0 Å². The Hall–Kier alpha value is -11.8. The molecule has 434 valence electrons. The molecule has 19 rings (SSSR count). The Morgan fingerprint density at radius 3 is 1.00 bits per heavy atom. The standard InChI is InChI=1S/C91H60N2/c1-91(2)83-49-59(29-27-57-31-35-63-51-65(39-37-61(63)47-57)67-41-45-87-81(53-67)79-23-11-13-25-85(79)92(87)89-55-69-15-3-5-17-71(69)73-19-7-9-21-77(73)89)33-43-75(83)76-44-34-60(50-84(76)91)30-28-58-32-36-64-52-66(40-38-62(64)48-58)68-42-46-88-82(54-68)80-24-12-14-26-86(80)93(88)90-56-70-16-4-6-18-72(70)74-20-8-10-22-78(74)90/h3-56H,1-2H3/b29-27+,30-28+. The fourth-order valence-corrected chi connectivity index (χ4v) is 15.7. The Labute approximate surface area is 539 Å².